The first-order chi connectivity index (χ1) is 22.9. The van der Waals surface area contributed by atoms with Gasteiger partial charge in [0.2, 0.25) is 0 Å². The Morgan fingerprint density at radius 2 is 1.46 bits per heavy atom. The second-order valence-electron chi connectivity index (χ2n) is 17.5. The molecule has 3 heterocycles. The summed E-state index contributed by atoms with van der Waals surface area (Å²) in [6.07, 6.45) is -7.23. The lowest BCUT2D eigenvalue weighted by atomic mass is 9.70. The molecule has 3 aliphatic heterocycles. The number of Topliss-reactive ketones (excluding diaryl/α,β-unsaturated/α-hetero) is 1. The number of cyclic esters (lactones) is 1. The number of hydrogen-bond acceptors (Lipinski definition) is 12. The van der Waals surface area contributed by atoms with E-state index in [2.05, 4.69) is 0 Å². The summed E-state index contributed by atoms with van der Waals surface area (Å²) >= 11 is 0. The van der Waals surface area contributed by atoms with Crippen molar-refractivity contribution in [3.8, 4) is 0 Å². The molecule has 0 aromatic heterocycles. The lowest BCUT2D eigenvalue weighted by molar-refractivity contribution is -0.312. The summed E-state index contributed by atoms with van der Waals surface area (Å²) in [4.78, 5) is 30.0. The zero-order chi connectivity index (χ0) is 38.3. The first-order valence-electron chi connectivity index (χ1n) is 18.7. The number of aliphatic hydroxyl groups is 4. The van der Waals surface area contributed by atoms with Crippen LogP contribution in [0.5, 0.6) is 0 Å². The van der Waals surface area contributed by atoms with Gasteiger partial charge in [-0.15, -0.1) is 0 Å². The fraction of sp³-hybridized carbons (Fsp3) is 0.947. The molecule has 3 saturated heterocycles. The van der Waals surface area contributed by atoms with E-state index in [1.54, 1.807) is 48.5 Å². The first-order valence-corrected chi connectivity index (χ1v) is 18.7. The maximum absolute atomic E-state index is 14.2. The molecule has 0 saturated carbocycles. The van der Waals surface area contributed by atoms with Gasteiger partial charge in [-0.05, 0) is 66.5 Å². The molecule has 3 rings (SSSR count). The minimum absolute atomic E-state index is 0.0350. The summed E-state index contributed by atoms with van der Waals surface area (Å²) in [5.74, 6) is -3.97. The average Bonchev–Trinajstić information content (AvgIpc) is 3.01. The van der Waals surface area contributed by atoms with Crippen molar-refractivity contribution in [2.45, 2.75) is 182 Å². The summed E-state index contributed by atoms with van der Waals surface area (Å²) in [6.45, 7) is 21.5. The lowest BCUT2D eigenvalue weighted by Crippen LogP contribution is -2.60. The van der Waals surface area contributed by atoms with Crippen LogP contribution >= 0.6 is 0 Å². The zero-order valence-corrected chi connectivity index (χ0v) is 33.1. The molecule has 0 aromatic carbocycles. The molecule has 15 unspecified atom stereocenters. The third-order valence-corrected chi connectivity index (χ3v) is 12.0. The molecule has 4 N–H and O–H groups in total. The van der Waals surface area contributed by atoms with Gasteiger partial charge < -0.3 is 49.0 Å². The Morgan fingerprint density at radius 1 is 0.860 bits per heavy atom. The van der Waals surface area contributed by atoms with Crippen LogP contribution < -0.4 is 0 Å². The van der Waals surface area contributed by atoms with Gasteiger partial charge in [0.1, 0.15) is 18.0 Å². The number of ketones is 1. The quantitative estimate of drug-likeness (QED) is 0.296. The maximum atomic E-state index is 14.2. The molecule has 12 heteroatoms. The number of carbonyl (C=O) groups is 2. The molecular formula is C38H69NO11. The van der Waals surface area contributed by atoms with Crippen molar-refractivity contribution in [3.63, 3.8) is 0 Å². The highest BCUT2D eigenvalue weighted by Gasteiger charge is 2.52. The van der Waals surface area contributed by atoms with E-state index in [9.17, 15) is 30.0 Å². The minimum atomic E-state index is -1.70. The number of nitrogens with zero attached hydrogens (tertiary/aromatic N) is 1. The normalized spacial score (nSPS) is 46.7. The molecule has 3 fully saturated rings. The third-order valence-electron chi connectivity index (χ3n) is 12.0. The van der Waals surface area contributed by atoms with Crippen LogP contribution in [0.25, 0.3) is 0 Å². The van der Waals surface area contributed by atoms with Crippen LogP contribution in [-0.2, 0) is 33.3 Å². The van der Waals surface area contributed by atoms with E-state index in [-0.39, 0.29) is 24.3 Å². The van der Waals surface area contributed by atoms with E-state index in [1.807, 2.05) is 53.6 Å². The van der Waals surface area contributed by atoms with Gasteiger partial charge >= 0.3 is 5.97 Å². The van der Waals surface area contributed by atoms with Crippen LogP contribution in [0.3, 0.4) is 0 Å². The molecule has 0 aromatic rings. The van der Waals surface area contributed by atoms with E-state index in [0.717, 1.165) is 0 Å². The van der Waals surface area contributed by atoms with Crippen LogP contribution in [0.2, 0.25) is 0 Å². The SMILES string of the molecule is CC[C@H]1OC(=O)C(C)C(OC2CC(C)(C)C(O)C(C)O2)C(C)C(OC2OC(C)CC(N(C)C)C2O)C(C)(O)CC(C)C(=O)C(C)C(O)C1(C)C. The van der Waals surface area contributed by atoms with E-state index < -0.39 is 101 Å². The van der Waals surface area contributed by atoms with E-state index in [1.165, 1.54) is 0 Å². The standard InChI is InChI=1S/C38H69NO11/c1-15-26-37(10,11)31(42)21(4)28(40)19(2)17-38(12,45)33(50-35-29(41)25(39(13)14)16-20(3)46-35)22(5)30(23(6)34(44)48-26)49-27-18-36(8,9)32(43)24(7)47-27/h19-27,29-33,35,41-43,45H,15-18H2,1-14H3/t19?,20?,21?,22?,23?,24?,25?,26-,27?,29?,30?,31?,32?,33?,35?,38?/m1/s1. The second kappa shape index (κ2) is 16.4. The zero-order valence-electron chi connectivity index (χ0n) is 33.1. The summed E-state index contributed by atoms with van der Waals surface area (Å²) in [7, 11) is 3.75. The summed E-state index contributed by atoms with van der Waals surface area (Å²) in [5, 5.41) is 46.3. The Morgan fingerprint density at radius 3 is 2.00 bits per heavy atom. The molecule has 12 nitrogen and oxygen atoms in total. The third kappa shape index (κ3) is 9.28. The highest BCUT2D eigenvalue weighted by molar-refractivity contribution is 5.83. The molecule has 0 amide bonds. The Balaban J connectivity index is 2.17. The summed E-state index contributed by atoms with van der Waals surface area (Å²) in [5.41, 5.74) is -3.24. The van der Waals surface area contributed by atoms with E-state index in [0.29, 0.717) is 19.3 Å². The number of esters is 1. The Hall–Kier alpha value is -1.22. The van der Waals surface area contributed by atoms with Crippen LogP contribution in [-0.4, -0.2) is 124 Å². The Kier molecular flexibility index (Phi) is 14.2. The Bertz CT molecular complexity index is 1140. The van der Waals surface area contributed by atoms with Gasteiger partial charge in [0.25, 0.3) is 0 Å². The lowest BCUT2D eigenvalue weighted by Gasteiger charge is -2.49. The fourth-order valence-electron chi connectivity index (χ4n) is 8.73. The Labute approximate surface area is 300 Å². The number of hydrogen-bond donors (Lipinski definition) is 4. The monoisotopic (exact) mass is 715 g/mol. The van der Waals surface area contributed by atoms with Crippen molar-refractivity contribution in [1.29, 1.82) is 0 Å². The van der Waals surface area contributed by atoms with Crippen LogP contribution in [0.15, 0.2) is 0 Å². The fourth-order valence-corrected chi connectivity index (χ4v) is 8.73. The molecule has 0 radical (unpaired) electrons. The van der Waals surface area contributed by atoms with Crippen LogP contribution in [0.4, 0.5) is 0 Å². The van der Waals surface area contributed by atoms with Crippen molar-refractivity contribution >= 4 is 11.8 Å². The number of carbonyl (C=O) groups excluding carboxylic acids is 2. The molecule has 3 aliphatic rings. The van der Waals surface area contributed by atoms with Crippen molar-refractivity contribution < 1.29 is 53.7 Å². The number of rotatable bonds is 6. The average molecular weight is 716 g/mol. The van der Waals surface area contributed by atoms with Gasteiger partial charge in [0.15, 0.2) is 12.6 Å². The number of aliphatic hydroxyl groups excluding tert-OH is 3. The minimum Gasteiger partial charge on any atom is -0.461 e. The van der Waals surface area contributed by atoms with Gasteiger partial charge in [-0.25, -0.2) is 0 Å². The molecular weight excluding hydrogens is 646 g/mol. The topological polar surface area (TPSA) is 164 Å². The highest BCUT2D eigenvalue weighted by atomic mass is 16.7. The number of likely N-dealkylation sites (N-methyl/N-ethyl adjacent to an activating group) is 1. The molecule has 50 heavy (non-hydrogen) atoms. The first kappa shape index (κ1) is 43.2. The van der Waals surface area contributed by atoms with Gasteiger partial charge in [-0.3, -0.25) is 9.59 Å². The number of ether oxygens (including phenoxy) is 5. The largest absolute Gasteiger partial charge is 0.461 e. The smallest absolute Gasteiger partial charge is 0.311 e. The predicted octanol–water partition coefficient (Wildman–Crippen LogP) is 3.68. The van der Waals surface area contributed by atoms with Crippen molar-refractivity contribution in [2.24, 2.45) is 34.5 Å². The van der Waals surface area contributed by atoms with Crippen molar-refractivity contribution in [3.05, 3.63) is 0 Å². The molecule has 0 spiro atoms. The van der Waals surface area contributed by atoms with Crippen molar-refractivity contribution in [2.75, 3.05) is 14.1 Å². The summed E-state index contributed by atoms with van der Waals surface area (Å²) < 4.78 is 31.8. The van der Waals surface area contributed by atoms with Gasteiger partial charge in [0.05, 0.1) is 48.1 Å². The second-order valence-corrected chi connectivity index (χ2v) is 17.5. The van der Waals surface area contributed by atoms with Gasteiger partial charge in [-0.2, -0.15) is 0 Å². The molecule has 292 valence electrons. The van der Waals surface area contributed by atoms with Crippen LogP contribution in [0, 0.1) is 34.5 Å². The van der Waals surface area contributed by atoms with E-state index >= 15 is 0 Å². The summed E-state index contributed by atoms with van der Waals surface area (Å²) in [6, 6.07) is -0.286. The molecule has 0 bridgehead atoms. The highest BCUT2D eigenvalue weighted by Crippen LogP contribution is 2.42. The van der Waals surface area contributed by atoms with Gasteiger partial charge in [0, 0.05) is 35.6 Å². The van der Waals surface area contributed by atoms with Crippen LogP contribution in [0.1, 0.15) is 109 Å². The van der Waals surface area contributed by atoms with E-state index in [4.69, 9.17) is 23.7 Å². The molecule has 16 atom stereocenters. The molecule has 0 aliphatic carbocycles. The van der Waals surface area contributed by atoms with Crippen molar-refractivity contribution in [1.82, 2.24) is 4.90 Å². The predicted molar refractivity (Wildman–Crippen MR) is 188 cm³/mol. The van der Waals surface area contributed by atoms with Gasteiger partial charge in [-0.1, -0.05) is 55.4 Å². The maximum Gasteiger partial charge on any atom is 0.311 e.